The van der Waals surface area contributed by atoms with Crippen molar-refractivity contribution in [2.75, 3.05) is 0 Å². The Labute approximate surface area is 218 Å². The summed E-state index contributed by atoms with van der Waals surface area (Å²) in [6.07, 6.45) is 1.42. The number of nitrogens with two attached hydrogens (primary N) is 1. The number of carbonyl (C=O) groups is 3. The molecule has 0 aliphatic heterocycles. The standard InChI is InChI=1S/C29H28FN3O5/c1-4-20-22(14-18-8-6-7-9-21(18)17-10-12-19(30)13-11-17)33-15-16(3)32-28(38-23(5-2)29(36)37)25(33)24(20)26(34)27(31)35/h6-13,15,23H,4-5,14H2,1-3H3,(H2,31,35)(H,36,37). The molecule has 0 aliphatic carbocycles. The molecule has 2 heterocycles. The first-order valence-electron chi connectivity index (χ1n) is 12.3. The van der Waals surface area contributed by atoms with Gasteiger partial charge in [0, 0.05) is 18.3 Å². The summed E-state index contributed by atoms with van der Waals surface area (Å²) in [7, 11) is 0. The highest BCUT2D eigenvalue weighted by Crippen LogP contribution is 2.35. The number of aromatic nitrogens is 2. The van der Waals surface area contributed by atoms with Crippen LogP contribution in [0.3, 0.4) is 0 Å². The fourth-order valence-electron chi connectivity index (χ4n) is 4.70. The first-order valence-corrected chi connectivity index (χ1v) is 12.3. The van der Waals surface area contributed by atoms with Crippen molar-refractivity contribution in [2.24, 2.45) is 5.73 Å². The molecule has 2 aromatic carbocycles. The Kier molecular flexibility index (Phi) is 7.57. The first kappa shape index (κ1) is 26.5. The summed E-state index contributed by atoms with van der Waals surface area (Å²) >= 11 is 0. The molecule has 9 heteroatoms. The molecule has 0 aliphatic rings. The average Bonchev–Trinajstić information content (AvgIpc) is 3.20. The van der Waals surface area contributed by atoms with E-state index in [1.807, 2.05) is 31.2 Å². The van der Waals surface area contributed by atoms with E-state index in [0.717, 1.165) is 16.7 Å². The predicted molar refractivity (Wildman–Crippen MR) is 140 cm³/mol. The summed E-state index contributed by atoms with van der Waals surface area (Å²) in [6.45, 7) is 5.25. The van der Waals surface area contributed by atoms with E-state index in [-0.39, 0.29) is 29.2 Å². The number of carbonyl (C=O) groups excluding carboxylic acids is 2. The van der Waals surface area contributed by atoms with Gasteiger partial charge in [0.15, 0.2) is 6.10 Å². The van der Waals surface area contributed by atoms with Gasteiger partial charge in [0.25, 0.3) is 11.7 Å². The number of carboxylic acid groups (broad SMARTS) is 1. The van der Waals surface area contributed by atoms with Gasteiger partial charge in [-0.1, -0.05) is 50.2 Å². The number of Topliss-reactive ketones (excluding diaryl/α,β-unsaturated/α-hetero) is 1. The monoisotopic (exact) mass is 517 g/mol. The van der Waals surface area contributed by atoms with Crippen molar-refractivity contribution in [3.8, 4) is 17.0 Å². The van der Waals surface area contributed by atoms with Crippen LogP contribution in [0.2, 0.25) is 0 Å². The third-order valence-corrected chi connectivity index (χ3v) is 6.45. The Balaban J connectivity index is 1.99. The number of carboxylic acids is 1. The van der Waals surface area contributed by atoms with Crippen LogP contribution in [0.25, 0.3) is 16.6 Å². The molecule has 3 N–H and O–H groups in total. The van der Waals surface area contributed by atoms with E-state index in [9.17, 15) is 23.9 Å². The van der Waals surface area contributed by atoms with Gasteiger partial charge in [-0.2, -0.15) is 0 Å². The van der Waals surface area contributed by atoms with Gasteiger partial charge in [0.1, 0.15) is 11.3 Å². The number of nitrogens with zero attached hydrogens (tertiary/aromatic N) is 2. The van der Waals surface area contributed by atoms with E-state index in [2.05, 4.69) is 4.98 Å². The normalized spacial score (nSPS) is 11.9. The predicted octanol–water partition coefficient (Wildman–Crippen LogP) is 4.51. The Bertz CT molecular complexity index is 1540. The molecular weight excluding hydrogens is 489 g/mol. The van der Waals surface area contributed by atoms with Crippen LogP contribution in [0.1, 0.15) is 53.1 Å². The van der Waals surface area contributed by atoms with E-state index in [1.165, 1.54) is 12.1 Å². The average molecular weight is 518 g/mol. The Morgan fingerprint density at radius 3 is 2.39 bits per heavy atom. The quantitative estimate of drug-likeness (QED) is 0.236. The van der Waals surface area contributed by atoms with Crippen LogP contribution < -0.4 is 10.5 Å². The van der Waals surface area contributed by atoms with Crippen molar-refractivity contribution >= 4 is 23.2 Å². The number of aliphatic carboxylic acids is 1. The van der Waals surface area contributed by atoms with Crippen LogP contribution in [-0.4, -0.2) is 38.3 Å². The van der Waals surface area contributed by atoms with E-state index in [4.69, 9.17) is 10.5 Å². The van der Waals surface area contributed by atoms with E-state index >= 15 is 0 Å². The van der Waals surface area contributed by atoms with Gasteiger partial charge in [-0.15, -0.1) is 0 Å². The summed E-state index contributed by atoms with van der Waals surface area (Å²) < 4.78 is 21.1. The summed E-state index contributed by atoms with van der Waals surface area (Å²) in [5.41, 5.74) is 10.1. The lowest BCUT2D eigenvalue weighted by Gasteiger charge is -2.15. The smallest absolute Gasteiger partial charge is 0.344 e. The van der Waals surface area contributed by atoms with Gasteiger partial charge in [-0.25, -0.2) is 14.2 Å². The molecule has 2 aromatic heterocycles. The fraction of sp³-hybridized carbons (Fsp3) is 0.241. The molecule has 8 nitrogen and oxygen atoms in total. The molecule has 4 rings (SSSR count). The zero-order chi connectivity index (χ0) is 27.6. The van der Waals surface area contributed by atoms with Crippen LogP contribution in [0, 0.1) is 12.7 Å². The lowest BCUT2D eigenvalue weighted by molar-refractivity contribution is -0.145. The second-order valence-electron chi connectivity index (χ2n) is 8.95. The molecule has 0 radical (unpaired) electrons. The van der Waals surface area contributed by atoms with Crippen molar-refractivity contribution in [2.45, 2.75) is 46.1 Å². The number of primary amides is 1. The molecule has 0 saturated carbocycles. The number of amides is 1. The molecule has 38 heavy (non-hydrogen) atoms. The SMILES string of the molecule is CCc1c(C(=O)C(N)=O)c2c(OC(CC)C(=O)O)nc(C)cn2c1Cc1ccccc1-c1ccc(F)cc1. The number of fused-ring (bicyclic) bond motifs is 1. The molecule has 0 spiro atoms. The molecule has 1 atom stereocenters. The number of hydrogen-bond donors (Lipinski definition) is 2. The summed E-state index contributed by atoms with van der Waals surface area (Å²) in [4.78, 5) is 41.3. The molecule has 0 fully saturated rings. The molecule has 196 valence electrons. The lowest BCUT2D eigenvalue weighted by atomic mass is 9.94. The molecule has 0 saturated heterocycles. The van der Waals surface area contributed by atoms with Crippen molar-refractivity contribution in [1.29, 1.82) is 0 Å². The third kappa shape index (κ3) is 5.00. The van der Waals surface area contributed by atoms with Crippen LogP contribution in [0.4, 0.5) is 4.39 Å². The Morgan fingerprint density at radius 1 is 1.11 bits per heavy atom. The maximum absolute atomic E-state index is 13.6. The van der Waals surface area contributed by atoms with Crippen molar-refractivity contribution < 1.29 is 28.6 Å². The second kappa shape index (κ2) is 10.8. The Hall–Kier alpha value is -4.53. The fourth-order valence-corrected chi connectivity index (χ4v) is 4.70. The lowest BCUT2D eigenvalue weighted by Crippen LogP contribution is -2.27. The second-order valence-corrected chi connectivity index (χ2v) is 8.95. The number of hydrogen-bond acceptors (Lipinski definition) is 5. The minimum Gasteiger partial charge on any atom is -0.479 e. The van der Waals surface area contributed by atoms with Gasteiger partial charge in [-0.05, 0) is 54.2 Å². The molecular formula is C29H28FN3O5. The zero-order valence-corrected chi connectivity index (χ0v) is 21.3. The van der Waals surface area contributed by atoms with E-state index in [0.29, 0.717) is 29.8 Å². The number of rotatable bonds is 10. The molecule has 1 unspecified atom stereocenters. The largest absolute Gasteiger partial charge is 0.479 e. The Morgan fingerprint density at radius 2 is 1.79 bits per heavy atom. The molecule has 4 aromatic rings. The number of halogens is 1. The summed E-state index contributed by atoms with van der Waals surface area (Å²) in [5, 5.41) is 9.58. The minimum absolute atomic E-state index is 0.0528. The van der Waals surface area contributed by atoms with Crippen molar-refractivity contribution in [3.05, 3.63) is 88.6 Å². The zero-order valence-electron chi connectivity index (χ0n) is 21.3. The van der Waals surface area contributed by atoms with E-state index in [1.54, 1.807) is 36.6 Å². The summed E-state index contributed by atoms with van der Waals surface area (Å²) in [6, 6.07) is 13.8. The van der Waals surface area contributed by atoms with Crippen molar-refractivity contribution in [1.82, 2.24) is 9.38 Å². The van der Waals surface area contributed by atoms with Gasteiger partial charge in [0.2, 0.25) is 5.88 Å². The number of aryl methyl sites for hydroxylation is 1. The highest BCUT2D eigenvalue weighted by atomic mass is 19.1. The third-order valence-electron chi connectivity index (χ3n) is 6.45. The van der Waals surface area contributed by atoms with Gasteiger partial charge < -0.3 is 20.0 Å². The van der Waals surface area contributed by atoms with Crippen LogP contribution in [0.5, 0.6) is 5.88 Å². The summed E-state index contributed by atoms with van der Waals surface area (Å²) in [5.74, 6) is -3.61. The number of benzene rings is 2. The van der Waals surface area contributed by atoms with Crippen molar-refractivity contribution in [3.63, 3.8) is 0 Å². The van der Waals surface area contributed by atoms with Crippen LogP contribution in [0.15, 0.2) is 54.7 Å². The maximum Gasteiger partial charge on any atom is 0.344 e. The van der Waals surface area contributed by atoms with Gasteiger partial charge in [0.05, 0.1) is 11.3 Å². The molecule has 1 amide bonds. The van der Waals surface area contributed by atoms with Crippen LogP contribution >= 0.6 is 0 Å². The highest BCUT2D eigenvalue weighted by Gasteiger charge is 2.30. The number of ketones is 1. The topological polar surface area (TPSA) is 124 Å². The first-order chi connectivity index (χ1) is 18.2. The minimum atomic E-state index is -1.20. The molecule has 0 bridgehead atoms. The maximum atomic E-state index is 13.6. The van der Waals surface area contributed by atoms with Gasteiger partial charge >= 0.3 is 5.97 Å². The van der Waals surface area contributed by atoms with Gasteiger partial charge in [-0.3, -0.25) is 9.59 Å². The van der Waals surface area contributed by atoms with Crippen LogP contribution in [-0.2, 0) is 22.4 Å². The highest BCUT2D eigenvalue weighted by molar-refractivity contribution is 6.44. The number of ether oxygens (including phenoxy) is 1. The van der Waals surface area contributed by atoms with E-state index < -0.39 is 23.8 Å².